The van der Waals surface area contributed by atoms with Crippen LogP contribution < -0.4 is 14.2 Å². The lowest BCUT2D eigenvalue weighted by Gasteiger charge is -2.06. The van der Waals surface area contributed by atoms with E-state index in [1.54, 1.807) is 12.1 Å². The molecule has 0 bridgehead atoms. The van der Waals surface area contributed by atoms with Gasteiger partial charge in [-0.3, -0.25) is 10.1 Å². The first-order valence-corrected chi connectivity index (χ1v) is 6.48. The Labute approximate surface area is 129 Å². The van der Waals surface area contributed by atoms with Crippen molar-refractivity contribution in [2.75, 3.05) is 6.79 Å². The first-order chi connectivity index (χ1) is 10.5. The molecule has 0 saturated carbocycles. The Morgan fingerprint density at radius 3 is 2.68 bits per heavy atom. The van der Waals surface area contributed by atoms with E-state index < -0.39 is 10.9 Å². The highest BCUT2D eigenvalue weighted by molar-refractivity contribution is 6.33. The Morgan fingerprint density at radius 1 is 1.18 bits per heavy atom. The molecule has 0 atom stereocenters. The van der Waals surface area contributed by atoms with Crippen LogP contribution in [0.1, 0.15) is 10.4 Å². The average Bonchev–Trinajstić information content (AvgIpc) is 2.94. The molecular weight excluding hydrogens is 314 g/mol. The van der Waals surface area contributed by atoms with Crippen LogP contribution in [0.2, 0.25) is 5.02 Å². The Balaban J connectivity index is 1.81. The van der Waals surface area contributed by atoms with Crippen molar-refractivity contribution < 1.29 is 23.9 Å². The number of carbonyl (C=O) groups excluding carboxylic acids is 1. The molecule has 0 fully saturated rings. The van der Waals surface area contributed by atoms with Gasteiger partial charge in [0.15, 0.2) is 11.5 Å². The molecule has 0 amide bonds. The maximum absolute atomic E-state index is 12.1. The molecule has 1 aliphatic heterocycles. The van der Waals surface area contributed by atoms with E-state index in [-0.39, 0.29) is 28.8 Å². The van der Waals surface area contributed by atoms with E-state index in [2.05, 4.69) is 0 Å². The average molecular weight is 322 g/mol. The van der Waals surface area contributed by atoms with Crippen molar-refractivity contribution in [2.24, 2.45) is 0 Å². The quantitative estimate of drug-likeness (QED) is 0.373. The van der Waals surface area contributed by atoms with Gasteiger partial charge in [-0.25, -0.2) is 4.79 Å². The molecule has 22 heavy (non-hydrogen) atoms. The number of rotatable bonds is 3. The van der Waals surface area contributed by atoms with Gasteiger partial charge in [0.25, 0.3) is 5.69 Å². The third kappa shape index (κ3) is 2.66. The molecule has 2 aromatic rings. The number of nitro groups is 1. The zero-order valence-corrected chi connectivity index (χ0v) is 11.7. The predicted octanol–water partition coefficient (Wildman–Crippen LogP) is 3.20. The Kier molecular flexibility index (Phi) is 3.56. The summed E-state index contributed by atoms with van der Waals surface area (Å²) in [6.45, 7) is 0.112. The van der Waals surface area contributed by atoms with Crippen molar-refractivity contribution in [3.05, 3.63) is 57.1 Å². The number of hydrogen-bond acceptors (Lipinski definition) is 6. The van der Waals surface area contributed by atoms with Gasteiger partial charge in [-0.1, -0.05) is 11.6 Å². The van der Waals surface area contributed by atoms with E-state index in [4.69, 9.17) is 25.8 Å². The highest BCUT2D eigenvalue weighted by Gasteiger charge is 2.19. The molecule has 1 aliphatic rings. The third-order valence-corrected chi connectivity index (χ3v) is 3.25. The van der Waals surface area contributed by atoms with Crippen molar-refractivity contribution >= 4 is 23.3 Å². The molecule has 2 aromatic carbocycles. The van der Waals surface area contributed by atoms with Gasteiger partial charge in [-0.05, 0) is 18.2 Å². The van der Waals surface area contributed by atoms with Gasteiger partial charge in [0.2, 0.25) is 6.79 Å². The standard InChI is InChI=1S/C14H8ClNO6/c15-11-5-8(16(18)19)1-3-10(11)14(17)22-9-2-4-12-13(6-9)21-7-20-12/h1-6H,7H2. The molecule has 0 unspecified atom stereocenters. The monoisotopic (exact) mass is 321 g/mol. The highest BCUT2D eigenvalue weighted by atomic mass is 35.5. The molecule has 0 radical (unpaired) electrons. The first kappa shape index (κ1) is 14.2. The molecule has 0 aromatic heterocycles. The van der Waals surface area contributed by atoms with Gasteiger partial charge < -0.3 is 14.2 Å². The number of ether oxygens (including phenoxy) is 3. The zero-order chi connectivity index (χ0) is 15.7. The SMILES string of the molecule is O=C(Oc1ccc2c(c1)OCO2)c1ccc([N+](=O)[O-])cc1Cl. The van der Waals surface area contributed by atoms with E-state index in [0.29, 0.717) is 11.5 Å². The number of nitro benzene ring substituents is 1. The number of carbonyl (C=O) groups is 1. The summed E-state index contributed by atoms with van der Waals surface area (Å²) in [6, 6.07) is 8.20. The largest absolute Gasteiger partial charge is 0.454 e. The second-order valence-corrected chi connectivity index (χ2v) is 4.73. The van der Waals surface area contributed by atoms with Gasteiger partial charge >= 0.3 is 5.97 Å². The minimum atomic E-state index is -0.723. The topological polar surface area (TPSA) is 87.9 Å². The fraction of sp³-hybridized carbons (Fsp3) is 0.0714. The lowest BCUT2D eigenvalue weighted by atomic mass is 10.2. The van der Waals surface area contributed by atoms with E-state index in [9.17, 15) is 14.9 Å². The molecule has 0 aliphatic carbocycles. The van der Waals surface area contributed by atoms with Gasteiger partial charge in [-0.15, -0.1) is 0 Å². The summed E-state index contributed by atoms with van der Waals surface area (Å²) in [5.74, 6) is 0.565. The van der Waals surface area contributed by atoms with Crippen molar-refractivity contribution in [1.82, 2.24) is 0 Å². The zero-order valence-electron chi connectivity index (χ0n) is 10.9. The second-order valence-electron chi connectivity index (χ2n) is 4.33. The molecule has 1 heterocycles. The fourth-order valence-electron chi connectivity index (χ4n) is 1.89. The maximum atomic E-state index is 12.1. The van der Waals surface area contributed by atoms with Gasteiger partial charge in [0, 0.05) is 18.2 Å². The van der Waals surface area contributed by atoms with Gasteiger partial charge in [0.1, 0.15) is 5.75 Å². The van der Waals surface area contributed by atoms with Crippen LogP contribution in [0.5, 0.6) is 17.2 Å². The van der Waals surface area contributed by atoms with E-state index in [0.717, 1.165) is 6.07 Å². The lowest BCUT2D eigenvalue weighted by molar-refractivity contribution is -0.384. The molecule has 7 nitrogen and oxygen atoms in total. The smallest absolute Gasteiger partial charge is 0.345 e. The predicted molar refractivity (Wildman–Crippen MR) is 75.6 cm³/mol. The minimum Gasteiger partial charge on any atom is -0.454 e. The second kappa shape index (κ2) is 5.53. The van der Waals surface area contributed by atoms with Crippen LogP contribution in [0.15, 0.2) is 36.4 Å². The van der Waals surface area contributed by atoms with E-state index >= 15 is 0 Å². The van der Waals surface area contributed by atoms with Crippen LogP contribution in [0, 0.1) is 10.1 Å². The number of fused-ring (bicyclic) bond motifs is 1. The molecule has 0 N–H and O–H groups in total. The van der Waals surface area contributed by atoms with Crippen LogP contribution in [0.25, 0.3) is 0 Å². The summed E-state index contributed by atoms with van der Waals surface area (Å²) < 4.78 is 15.5. The number of halogens is 1. The first-order valence-electron chi connectivity index (χ1n) is 6.10. The van der Waals surface area contributed by atoms with Crippen LogP contribution in [0.4, 0.5) is 5.69 Å². The number of benzene rings is 2. The van der Waals surface area contributed by atoms with Crippen molar-refractivity contribution in [2.45, 2.75) is 0 Å². The van der Waals surface area contributed by atoms with Gasteiger partial charge in [0.05, 0.1) is 15.5 Å². The van der Waals surface area contributed by atoms with Gasteiger partial charge in [-0.2, -0.15) is 0 Å². The number of esters is 1. The normalized spacial score (nSPS) is 12.0. The van der Waals surface area contributed by atoms with Crippen molar-refractivity contribution in [3.63, 3.8) is 0 Å². The summed E-state index contributed by atoms with van der Waals surface area (Å²) in [4.78, 5) is 22.1. The number of hydrogen-bond donors (Lipinski definition) is 0. The maximum Gasteiger partial charge on any atom is 0.345 e. The molecule has 112 valence electrons. The summed E-state index contributed by atoms with van der Waals surface area (Å²) in [7, 11) is 0. The minimum absolute atomic E-state index is 0.0323. The summed E-state index contributed by atoms with van der Waals surface area (Å²) in [5, 5.41) is 10.6. The van der Waals surface area contributed by atoms with Crippen LogP contribution >= 0.6 is 11.6 Å². The molecular formula is C14H8ClNO6. The van der Waals surface area contributed by atoms with Crippen molar-refractivity contribution in [3.8, 4) is 17.2 Å². The molecule has 8 heteroatoms. The van der Waals surface area contributed by atoms with Crippen LogP contribution in [0.3, 0.4) is 0 Å². The highest BCUT2D eigenvalue weighted by Crippen LogP contribution is 2.35. The Morgan fingerprint density at radius 2 is 1.95 bits per heavy atom. The Hall–Kier alpha value is -2.80. The van der Waals surface area contributed by atoms with Crippen LogP contribution in [-0.2, 0) is 0 Å². The number of non-ortho nitro benzene ring substituents is 1. The summed E-state index contributed by atoms with van der Waals surface area (Å²) in [6.07, 6.45) is 0. The van der Waals surface area contributed by atoms with E-state index in [1.165, 1.54) is 18.2 Å². The summed E-state index contributed by atoms with van der Waals surface area (Å²) >= 11 is 5.88. The Bertz CT molecular complexity index is 776. The van der Waals surface area contributed by atoms with Crippen LogP contribution in [-0.4, -0.2) is 17.7 Å². The number of nitrogens with zero attached hydrogens (tertiary/aromatic N) is 1. The summed E-state index contributed by atoms with van der Waals surface area (Å²) in [5.41, 5.74) is -0.172. The molecule has 0 spiro atoms. The lowest BCUT2D eigenvalue weighted by Crippen LogP contribution is -2.09. The fourth-order valence-corrected chi connectivity index (χ4v) is 2.14. The third-order valence-electron chi connectivity index (χ3n) is 2.94. The molecule has 3 rings (SSSR count). The van der Waals surface area contributed by atoms with E-state index in [1.807, 2.05) is 0 Å². The molecule has 0 saturated heterocycles. The van der Waals surface area contributed by atoms with Crippen molar-refractivity contribution in [1.29, 1.82) is 0 Å².